The van der Waals surface area contributed by atoms with Gasteiger partial charge in [-0.1, -0.05) is 49.4 Å². The highest BCUT2D eigenvalue weighted by molar-refractivity contribution is 7.99. The fourth-order valence-corrected chi connectivity index (χ4v) is 4.11. The molecule has 2 rings (SSSR count). The van der Waals surface area contributed by atoms with Crippen molar-refractivity contribution in [3.05, 3.63) is 71.0 Å². The molecule has 30 heavy (non-hydrogen) atoms. The zero-order valence-corrected chi connectivity index (χ0v) is 19.0. The van der Waals surface area contributed by atoms with Gasteiger partial charge in [0.25, 0.3) is 0 Å². The lowest BCUT2D eigenvalue weighted by atomic mass is 10.1. The molecule has 0 fully saturated rings. The number of aryl methyl sites for hydroxylation is 1. The quantitative estimate of drug-likeness (QED) is 0.594. The van der Waals surface area contributed by atoms with Gasteiger partial charge in [-0.3, -0.25) is 9.59 Å². The summed E-state index contributed by atoms with van der Waals surface area (Å²) in [4.78, 5) is 27.6. The second-order valence-electron chi connectivity index (χ2n) is 7.62. The van der Waals surface area contributed by atoms with Crippen LogP contribution in [0.15, 0.2) is 48.5 Å². The normalized spacial score (nSPS) is 11.9. The highest BCUT2D eigenvalue weighted by atomic mass is 32.2. The van der Waals surface area contributed by atoms with Crippen LogP contribution in [0.2, 0.25) is 0 Å². The van der Waals surface area contributed by atoms with Crippen molar-refractivity contribution >= 4 is 23.6 Å². The number of amides is 2. The summed E-state index contributed by atoms with van der Waals surface area (Å²) in [6, 6.07) is 13.9. The number of carbonyl (C=O) groups is 2. The molecule has 2 aromatic rings. The van der Waals surface area contributed by atoms with Gasteiger partial charge >= 0.3 is 0 Å². The van der Waals surface area contributed by atoms with Crippen LogP contribution in [0.25, 0.3) is 0 Å². The minimum atomic E-state index is -0.548. The molecule has 1 N–H and O–H groups in total. The van der Waals surface area contributed by atoms with Crippen molar-refractivity contribution in [2.24, 2.45) is 0 Å². The van der Waals surface area contributed by atoms with Crippen molar-refractivity contribution in [2.75, 3.05) is 5.75 Å². The van der Waals surface area contributed by atoms with E-state index in [0.717, 1.165) is 11.1 Å². The summed E-state index contributed by atoms with van der Waals surface area (Å²) < 4.78 is 13.9. The summed E-state index contributed by atoms with van der Waals surface area (Å²) in [6.45, 7) is 8.09. The van der Waals surface area contributed by atoms with Gasteiger partial charge in [0.05, 0.1) is 5.75 Å². The summed E-state index contributed by atoms with van der Waals surface area (Å²) in [5.74, 6) is 0.0629. The minimum Gasteiger partial charge on any atom is -0.352 e. The Kier molecular flexibility index (Phi) is 9.37. The van der Waals surface area contributed by atoms with E-state index in [1.165, 1.54) is 17.8 Å². The third-order valence-corrected chi connectivity index (χ3v) is 5.83. The summed E-state index contributed by atoms with van der Waals surface area (Å²) >= 11 is 1.36. The Bertz CT molecular complexity index is 857. The van der Waals surface area contributed by atoms with Crippen molar-refractivity contribution in [1.82, 2.24) is 10.2 Å². The predicted octanol–water partition coefficient (Wildman–Crippen LogP) is 4.70. The lowest BCUT2D eigenvalue weighted by Gasteiger charge is -2.31. The van der Waals surface area contributed by atoms with Crippen LogP contribution in [0.3, 0.4) is 0 Å². The average molecular weight is 431 g/mol. The number of halogens is 1. The maximum Gasteiger partial charge on any atom is 0.243 e. The molecule has 0 aliphatic carbocycles. The Morgan fingerprint density at radius 2 is 1.70 bits per heavy atom. The largest absolute Gasteiger partial charge is 0.352 e. The number of rotatable bonds is 10. The van der Waals surface area contributed by atoms with Gasteiger partial charge in [0, 0.05) is 18.3 Å². The van der Waals surface area contributed by atoms with Gasteiger partial charge < -0.3 is 10.2 Å². The topological polar surface area (TPSA) is 49.4 Å². The van der Waals surface area contributed by atoms with Crippen LogP contribution in [0.5, 0.6) is 0 Å². The van der Waals surface area contributed by atoms with Gasteiger partial charge in [-0.15, -0.1) is 11.8 Å². The number of nitrogens with one attached hydrogen (secondary N) is 1. The van der Waals surface area contributed by atoms with E-state index < -0.39 is 6.04 Å². The van der Waals surface area contributed by atoms with Crippen molar-refractivity contribution < 1.29 is 14.0 Å². The van der Waals surface area contributed by atoms with Crippen LogP contribution >= 0.6 is 11.8 Å². The van der Waals surface area contributed by atoms with Gasteiger partial charge in [0.1, 0.15) is 11.9 Å². The van der Waals surface area contributed by atoms with E-state index in [0.29, 0.717) is 24.3 Å². The molecular weight excluding hydrogens is 399 g/mol. The standard InChI is InChI=1S/C24H31FN2O2S/c1-5-22(24(29)26-17(2)3)27(14-19-11-7-6-10-18(19)4)23(28)16-30-15-20-12-8-9-13-21(20)25/h6-13,17,22H,5,14-16H2,1-4H3,(H,26,29). The third-order valence-electron chi connectivity index (χ3n) is 4.86. The number of hydrogen-bond acceptors (Lipinski definition) is 3. The number of benzene rings is 2. The first kappa shape index (κ1) is 23.9. The zero-order chi connectivity index (χ0) is 22.1. The fraction of sp³-hybridized carbons (Fsp3) is 0.417. The number of nitrogens with zero attached hydrogens (tertiary/aromatic N) is 1. The van der Waals surface area contributed by atoms with Crippen molar-refractivity contribution in [1.29, 1.82) is 0 Å². The molecule has 0 saturated heterocycles. The van der Waals surface area contributed by atoms with Crippen molar-refractivity contribution in [3.63, 3.8) is 0 Å². The fourth-order valence-electron chi connectivity index (χ4n) is 3.22. The van der Waals surface area contributed by atoms with E-state index in [2.05, 4.69) is 5.32 Å². The molecule has 0 bridgehead atoms. The molecular formula is C24H31FN2O2S. The first-order valence-electron chi connectivity index (χ1n) is 10.3. The van der Waals surface area contributed by atoms with E-state index in [1.54, 1.807) is 23.1 Å². The van der Waals surface area contributed by atoms with Crippen LogP contribution in [-0.2, 0) is 21.9 Å². The van der Waals surface area contributed by atoms with E-state index >= 15 is 0 Å². The highest BCUT2D eigenvalue weighted by Gasteiger charge is 2.29. The van der Waals surface area contributed by atoms with Crippen LogP contribution < -0.4 is 5.32 Å². The van der Waals surface area contributed by atoms with Crippen LogP contribution in [0, 0.1) is 12.7 Å². The molecule has 6 heteroatoms. The monoisotopic (exact) mass is 430 g/mol. The molecule has 0 saturated carbocycles. The van der Waals surface area contributed by atoms with Gasteiger partial charge in [-0.05, 0) is 49.9 Å². The lowest BCUT2D eigenvalue weighted by Crippen LogP contribution is -2.51. The highest BCUT2D eigenvalue weighted by Crippen LogP contribution is 2.20. The Balaban J connectivity index is 2.16. The maximum absolute atomic E-state index is 13.9. The zero-order valence-electron chi connectivity index (χ0n) is 18.2. The third kappa shape index (κ3) is 6.87. The molecule has 0 aliphatic heterocycles. The Morgan fingerprint density at radius 3 is 2.30 bits per heavy atom. The predicted molar refractivity (Wildman–Crippen MR) is 122 cm³/mol. The number of thioether (sulfide) groups is 1. The van der Waals surface area contributed by atoms with Crippen LogP contribution in [0.1, 0.15) is 43.9 Å². The summed E-state index contributed by atoms with van der Waals surface area (Å²) in [5.41, 5.74) is 2.67. The molecule has 0 aromatic heterocycles. The lowest BCUT2D eigenvalue weighted by molar-refractivity contribution is -0.139. The van der Waals surface area contributed by atoms with Crippen molar-refractivity contribution in [2.45, 2.75) is 58.5 Å². The van der Waals surface area contributed by atoms with Gasteiger partial charge in [-0.2, -0.15) is 0 Å². The minimum absolute atomic E-state index is 0.00241. The molecule has 1 unspecified atom stereocenters. The summed E-state index contributed by atoms with van der Waals surface area (Å²) in [7, 11) is 0. The molecule has 0 aliphatic rings. The summed E-state index contributed by atoms with van der Waals surface area (Å²) in [6.07, 6.45) is 0.522. The molecule has 0 radical (unpaired) electrons. The Hall–Kier alpha value is -2.34. The molecule has 0 heterocycles. The first-order chi connectivity index (χ1) is 14.3. The second-order valence-corrected chi connectivity index (χ2v) is 8.61. The molecule has 162 valence electrons. The van der Waals surface area contributed by atoms with E-state index in [-0.39, 0.29) is 29.4 Å². The van der Waals surface area contributed by atoms with Gasteiger partial charge in [0.2, 0.25) is 11.8 Å². The van der Waals surface area contributed by atoms with Crippen molar-refractivity contribution in [3.8, 4) is 0 Å². The van der Waals surface area contributed by atoms with E-state index in [4.69, 9.17) is 0 Å². The average Bonchev–Trinajstić information content (AvgIpc) is 2.70. The smallest absolute Gasteiger partial charge is 0.243 e. The molecule has 2 amide bonds. The Labute approximate surface area is 183 Å². The van der Waals surface area contributed by atoms with Gasteiger partial charge in [0.15, 0.2) is 0 Å². The number of hydrogen-bond donors (Lipinski definition) is 1. The van der Waals surface area contributed by atoms with E-state index in [1.807, 2.05) is 52.0 Å². The SMILES string of the molecule is CCC(C(=O)NC(C)C)N(Cc1ccccc1C)C(=O)CSCc1ccccc1F. The van der Waals surface area contributed by atoms with Gasteiger partial charge in [-0.25, -0.2) is 4.39 Å². The second kappa shape index (κ2) is 11.7. The van der Waals surface area contributed by atoms with Crippen LogP contribution in [-0.4, -0.2) is 34.6 Å². The summed E-state index contributed by atoms with van der Waals surface area (Å²) in [5, 5.41) is 2.93. The van der Waals surface area contributed by atoms with Crippen LogP contribution in [0.4, 0.5) is 4.39 Å². The van der Waals surface area contributed by atoms with E-state index in [9.17, 15) is 14.0 Å². The molecule has 2 aromatic carbocycles. The number of carbonyl (C=O) groups excluding carboxylic acids is 2. The molecule has 1 atom stereocenters. The first-order valence-corrected chi connectivity index (χ1v) is 11.4. The molecule has 0 spiro atoms. The maximum atomic E-state index is 13.9. The molecule has 4 nitrogen and oxygen atoms in total. The Morgan fingerprint density at radius 1 is 1.07 bits per heavy atom.